The lowest BCUT2D eigenvalue weighted by Gasteiger charge is -2.20. The Bertz CT molecular complexity index is 548. The SMILES string of the molecule is COc1ccc(CCC(=O)OCC(=O)NC(C)(C)C)cc1OC. The molecule has 0 unspecified atom stereocenters. The summed E-state index contributed by atoms with van der Waals surface area (Å²) in [6.07, 6.45) is 0.693. The summed E-state index contributed by atoms with van der Waals surface area (Å²) in [5.74, 6) is 0.529. The fraction of sp³-hybridized carbons (Fsp3) is 0.529. The zero-order chi connectivity index (χ0) is 17.5. The molecule has 23 heavy (non-hydrogen) atoms. The minimum absolute atomic E-state index is 0.193. The van der Waals surface area contributed by atoms with E-state index < -0.39 is 5.97 Å². The van der Waals surface area contributed by atoms with E-state index in [1.165, 1.54) is 0 Å². The van der Waals surface area contributed by atoms with Gasteiger partial charge in [0.15, 0.2) is 18.1 Å². The molecular formula is C17H25NO5. The van der Waals surface area contributed by atoms with Crippen LogP contribution < -0.4 is 14.8 Å². The predicted octanol–water partition coefficient (Wildman–Crippen LogP) is 2.09. The van der Waals surface area contributed by atoms with E-state index in [-0.39, 0.29) is 24.5 Å². The molecular weight excluding hydrogens is 298 g/mol. The Hall–Kier alpha value is -2.24. The van der Waals surface area contributed by atoms with Gasteiger partial charge in [-0.25, -0.2) is 0 Å². The molecule has 0 radical (unpaired) electrons. The molecule has 0 saturated carbocycles. The van der Waals surface area contributed by atoms with E-state index in [4.69, 9.17) is 14.2 Å². The maximum absolute atomic E-state index is 11.7. The second-order valence-electron chi connectivity index (χ2n) is 6.15. The Morgan fingerprint density at radius 2 is 1.74 bits per heavy atom. The number of carbonyl (C=O) groups excluding carboxylic acids is 2. The van der Waals surface area contributed by atoms with Gasteiger partial charge in [-0.15, -0.1) is 0 Å². The average Bonchev–Trinajstić information content (AvgIpc) is 2.48. The molecule has 6 nitrogen and oxygen atoms in total. The second-order valence-corrected chi connectivity index (χ2v) is 6.15. The molecule has 0 fully saturated rings. The largest absolute Gasteiger partial charge is 0.493 e. The summed E-state index contributed by atoms with van der Waals surface area (Å²) in [5.41, 5.74) is 0.585. The van der Waals surface area contributed by atoms with Crippen molar-refractivity contribution < 1.29 is 23.8 Å². The Morgan fingerprint density at radius 3 is 2.30 bits per heavy atom. The Labute approximate surface area is 137 Å². The van der Waals surface area contributed by atoms with Crippen molar-refractivity contribution >= 4 is 11.9 Å². The molecule has 0 aliphatic rings. The molecule has 1 aromatic carbocycles. The molecule has 0 spiro atoms. The summed E-state index contributed by atoms with van der Waals surface area (Å²) in [5, 5.41) is 2.73. The predicted molar refractivity (Wildman–Crippen MR) is 86.7 cm³/mol. The van der Waals surface area contributed by atoms with Crippen molar-refractivity contribution in [2.45, 2.75) is 39.2 Å². The van der Waals surface area contributed by atoms with Gasteiger partial charge in [0.2, 0.25) is 0 Å². The smallest absolute Gasteiger partial charge is 0.306 e. The molecule has 0 atom stereocenters. The van der Waals surface area contributed by atoms with Gasteiger partial charge >= 0.3 is 5.97 Å². The number of carbonyl (C=O) groups is 2. The van der Waals surface area contributed by atoms with Crippen LogP contribution in [0.1, 0.15) is 32.8 Å². The third-order valence-electron chi connectivity index (χ3n) is 2.94. The van der Waals surface area contributed by atoms with E-state index >= 15 is 0 Å². The van der Waals surface area contributed by atoms with Crippen molar-refractivity contribution in [2.24, 2.45) is 0 Å². The van der Waals surface area contributed by atoms with E-state index in [1.807, 2.05) is 32.9 Å². The van der Waals surface area contributed by atoms with Crippen LogP contribution in [0, 0.1) is 0 Å². The molecule has 0 saturated heterocycles. The third-order valence-corrected chi connectivity index (χ3v) is 2.94. The highest BCUT2D eigenvalue weighted by molar-refractivity contribution is 5.81. The van der Waals surface area contributed by atoms with Gasteiger partial charge in [0, 0.05) is 12.0 Å². The topological polar surface area (TPSA) is 73.9 Å². The number of rotatable bonds is 7. The third kappa shape index (κ3) is 7.04. The summed E-state index contributed by atoms with van der Waals surface area (Å²) in [7, 11) is 3.13. The van der Waals surface area contributed by atoms with Crippen molar-refractivity contribution in [3.63, 3.8) is 0 Å². The number of nitrogens with one attached hydrogen (secondary N) is 1. The number of methoxy groups -OCH3 is 2. The molecule has 6 heteroatoms. The zero-order valence-electron chi connectivity index (χ0n) is 14.4. The Morgan fingerprint density at radius 1 is 1.09 bits per heavy atom. The number of hydrogen-bond donors (Lipinski definition) is 1. The highest BCUT2D eigenvalue weighted by Crippen LogP contribution is 2.27. The van der Waals surface area contributed by atoms with Crippen molar-refractivity contribution in [1.29, 1.82) is 0 Å². The molecule has 1 aromatic rings. The summed E-state index contributed by atoms with van der Waals surface area (Å²) >= 11 is 0. The second kappa shape index (κ2) is 8.41. The fourth-order valence-corrected chi connectivity index (χ4v) is 1.96. The first-order chi connectivity index (χ1) is 10.7. The minimum atomic E-state index is -0.413. The number of esters is 1. The fourth-order valence-electron chi connectivity index (χ4n) is 1.96. The highest BCUT2D eigenvalue weighted by atomic mass is 16.5. The zero-order valence-corrected chi connectivity index (χ0v) is 14.4. The molecule has 1 rings (SSSR count). The molecule has 1 N–H and O–H groups in total. The van der Waals surface area contributed by atoms with Gasteiger partial charge in [-0.1, -0.05) is 6.07 Å². The van der Waals surface area contributed by atoms with E-state index in [9.17, 15) is 9.59 Å². The molecule has 0 aromatic heterocycles. The number of amides is 1. The number of benzene rings is 1. The van der Waals surface area contributed by atoms with E-state index in [2.05, 4.69) is 5.32 Å². The van der Waals surface area contributed by atoms with Crippen molar-refractivity contribution in [2.75, 3.05) is 20.8 Å². The van der Waals surface area contributed by atoms with Crippen LogP contribution in [-0.2, 0) is 20.7 Å². The van der Waals surface area contributed by atoms with Gasteiger partial charge in [0.25, 0.3) is 5.91 Å². The first-order valence-electron chi connectivity index (χ1n) is 7.42. The summed E-state index contributed by atoms with van der Waals surface area (Å²) < 4.78 is 15.3. The maximum atomic E-state index is 11.7. The Kier molecular flexibility index (Phi) is 6.88. The lowest BCUT2D eigenvalue weighted by atomic mass is 10.1. The Balaban J connectivity index is 2.43. The van der Waals surface area contributed by atoms with Crippen LogP contribution in [0.3, 0.4) is 0 Å². The minimum Gasteiger partial charge on any atom is -0.493 e. The summed E-state index contributed by atoms with van der Waals surface area (Å²) in [4.78, 5) is 23.3. The molecule has 1 amide bonds. The number of ether oxygens (including phenoxy) is 3. The van der Waals surface area contributed by atoms with Crippen LogP contribution in [0.4, 0.5) is 0 Å². The lowest BCUT2D eigenvalue weighted by molar-refractivity contribution is -0.148. The highest BCUT2D eigenvalue weighted by Gasteiger charge is 2.15. The number of aryl methyl sites for hydroxylation is 1. The normalized spacial score (nSPS) is 10.8. The lowest BCUT2D eigenvalue weighted by Crippen LogP contribution is -2.42. The summed E-state index contributed by atoms with van der Waals surface area (Å²) in [6.45, 7) is 5.33. The monoisotopic (exact) mass is 323 g/mol. The van der Waals surface area contributed by atoms with E-state index in [1.54, 1.807) is 20.3 Å². The molecule has 128 valence electrons. The first-order valence-corrected chi connectivity index (χ1v) is 7.42. The van der Waals surface area contributed by atoms with Crippen LogP contribution in [0.25, 0.3) is 0 Å². The van der Waals surface area contributed by atoms with Crippen LogP contribution in [0.2, 0.25) is 0 Å². The van der Waals surface area contributed by atoms with Gasteiger partial charge in [-0.3, -0.25) is 9.59 Å². The molecule has 0 bridgehead atoms. The molecule has 0 heterocycles. The average molecular weight is 323 g/mol. The van der Waals surface area contributed by atoms with Crippen LogP contribution in [0.5, 0.6) is 11.5 Å². The van der Waals surface area contributed by atoms with Gasteiger partial charge in [0.05, 0.1) is 14.2 Å². The van der Waals surface area contributed by atoms with E-state index in [0.717, 1.165) is 5.56 Å². The summed E-state index contributed by atoms with van der Waals surface area (Å²) in [6, 6.07) is 5.47. The van der Waals surface area contributed by atoms with Gasteiger partial charge in [0.1, 0.15) is 0 Å². The van der Waals surface area contributed by atoms with Crippen LogP contribution in [0.15, 0.2) is 18.2 Å². The quantitative estimate of drug-likeness (QED) is 0.778. The van der Waals surface area contributed by atoms with E-state index in [0.29, 0.717) is 17.9 Å². The van der Waals surface area contributed by atoms with Crippen molar-refractivity contribution in [3.05, 3.63) is 23.8 Å². The number of hydrogen-bond acceptors (Lipinski definition) is 5. The molecule has 0 aliphatic carbocycles. The van der Waals surface area contributed by atoms with Gasteiger partial charge < -0.3 is 19.5 Å². The standard InChI is InChI=1S/C17H25NO5/c1-17(2,3)18-15(19)11-23-16(20)9-7-12-6-8-13(21-4)14(10-12)22-5/h6,8,10H,7,9,11H2,1-5H3,(H,18,19). The van der Waals surface area contributed by atoms with Gasteiger partial charge in [-0.05, 0) is 44.9 Å². The van der Waals surface area contributed by atoms with Crippen LogP contribution in [-0.4, -0.2) is 38.2 Å². The first kappa shape index (κ1) is 18.8. The molecule has 0 aliphatic heterocycles. The van der Waals surface area contributed by atoms with Crippen molar-refractivity contribution in [3.8, 4) is 11.5 Å². The van der Waals surface area contributed by atoms with Gasteiger partial charge in [-0.2, -0.15) is 0 Å². The van der Waals surface area contributed by atoms with Crippen LogP contribution >= 0.6 is 0 Å². The van der Waals surface area contributed by atoms with Crippen molar-refractivity contribution in [1.82, 2.24) is 5.32 Å². The maximum Gasteiger partial charge on any atom is 0.306 e.